The van der Waals surface area contributed by atoms with Crippen LogP contribution >= 0.6 is 11.6 Å². The maximum atomic E-state index is 13.3. The van der Waals surface area contributed by atoms with Gasteiger partial charge in [0.25, 0.3) is 5.56 Å². The molecule has 4 heterocycles. The van der Waals surface area contributed by atoms with Crippen LogP contribution in [-0.2, 0) is 24.1 Å². The fraction of sp³-hybridized carbons (Fsp3) is 0.423. The zero-order valence-corrected chi connectivity index (χ0v) is 22.5. The molecule has 40 heavy (non-hydrogen) atoms. The minimum Gasteiger partial charge on any atom is -0.356 e. The van der Waals surface area contributed by atoms with Crippen molar-refractivity contribution in [3.63, 3.8) is 0 Å². The SMILES string of the molecule is CCCn1c(=O)c2[nH]c(-c3cnn(C(c4ccc(C(F)(F)F)cc4Cl)C4CNC(=O)C4)c3)nc2n(CCC)c1=O. The third-order valence-corrected chi connectivity index (χ3v) is 7.34. The molecule has 2 atom stereocenters. The number of nitrogens with zero attached hydrogens (tertiary/aromatic N) is 5. The van der Waals surface area contributed by atoms with Crippen LogP contribution in [0.5, 0.6) is 0 Å². The molecule has 0 spiro atoms. The van der Waals surface area contributed by atoms with Gasteiger partial charge in [-0.2, -0.15) is 18.3 Å². The van der Waals surface area contributed by atoms with Crippen LogP contribution in [0.2, 0.25) is 5.02 Å². The molecule has 4 aromatic rings. The van der Waals surface area contributed by atoms with Gasteiger partial charge < -0.3 is 10.3 Å². The molecular weight excluding hydrogens is 551 g/mol. The number of hydrogen-bond donors (Lipinski definition) is 2. The van der Waals surface area contributed by atoms with Gasteiger partial charge in [-0.3, -0.25) is 23.4 Å². The highest BCUT2D eigenvalue weighted by molar-refractivity contribution is 6.31. The molecule has 10 nitrogen and oxygen atoms in total. The highest BCUT2D eigenvalue weighted by Crippen LogP contribution is 2.39. The number of aryl methyl sites for hydroxylation is 1. The Bertz CT molecular complexity index is 1700. The number of carbonyl (C=O) groups excluding carboxylic acids is 1. The van der Waals surface area contributed by atoms with E-state index in [9.17, 15) is 27.6 Å². The lowest BCUT2D eigenvalue weighted by molar-refractivity contribution is -0.137. The van der Waals surface area contributed by atoms with Gasteiger partial charge in [0.15, 0.2) is 5.65 Å². The van der Waals surface area contributed by atoms with Gasteiger partial charge in [0.2, 0.25) is 5.91 Å². The minimum absolute atomic E-state index is 0.0972. The largest absolute Gasteiger partial charge is 0.416 e. The molecule has 1 saturated heterocycles. The molecule has 0 saturated carbocycles. The van der Waals surface area contributed by atoms with Crippen molar-refractivity contribution in [2.24, 2.45) is 5.92 Å². The lowest BCUT2D eigenvalue weighted by atomic mass is 9.91. The van der Waals surface area contributed by atoms with Crippen molar-refractivity contribution in [3.8, 4) is 11.4 Å². The minimum atomic E-state index is -4.56. The van der Waals surface area contributed by atoms with E-state index < -0.39 is 29.0 Å². The van der Waals surface area contributed by atoms with E-state index >= 15 is 0 Å². The average molecular weight is 578 g/mol. The van der Waals surface area contributed by atoms with E-state index in [-0.39, 0.29) is 41.0 Å². The van der Waals surface area contributed by atoms with E-state index in [4.69, 9.17) is 11.6 Å². The van der Waals surface area contributed by atoms with Gasteiger partial charge in [0.05, 0.1) is 23.4 Å². The summed E-state index contributed by atoms with van der Waals surface area (Å²) >= 11 is 6.36. The Morgan fingerprint density at radius 1 is 1.12 bits per heavy atom. The summed E-state index contributed by atoms with van der Waals surface area (Å²) in [7, 11) is 0. The van der Waals surface area contributed by atoms with Crippen molar-refractivity contribution in [3.05, 3.63) is 67.6 Å². The number of H-pyrrole nitrogens is 1. The number of hydrogen-bond acceptors (Lipinski definition) is 5. The van der Waals surface area contributed by atoms with Crippen LogP contribution in [0.15, 0.2) is 40.2 Å². The first kappa shape index (κ1) is 27.7. The monoisotopic (exact) mass is 577 g/mol. The van der Waals surface area contributed by atoms with Crippen molar-refractivity contribution in [2.75, 3.05) is 6.54 Å². The van der Waals surface area contributed by atoms with Crippen LogP contribution < -0.4 is 16.6 Å². The maximum Gasteiger partial charge on any atom is 0.416 e. The normalized spacial score (nSPS) is 16.6. The summed E-state index contributed by atoms with van der Waals surface area (Å²) in [5.41, 5.74) is -0.475. The zero-order valence-electron chi connectivity index (χ0n) is 21.8. The third-order valence-electron chi connectivity index (χ3n) is 7.02. The van der Waals surface area contributed by atoms with E-state index in [2.05, 4.69) is 20.4 Å². The van der Waals surface area contributed by atoms with Gasteiger partial charge >= 0.3 is 11.9 Å². The topological polar surface area (TPSA) is 120 Å². The van der Waals surface area contributed by atoms with Crippen LogP contribution in [0.3, 0.4) is 0 Å². The Kier molecular flexibility index (Phi) is 7.34. The number of fused-ring (bicyclic) bond motifs is 1. The molecule has 1 aliphatic heterocycles. The van der Waals surface area contributed by atoms with E-state index in [1.807, 2.05) is 13.8 Å². The van der Waals surface area contributed by atoms with Crippen molar-refractivity contribution >= 4 is 28.7 Å². The predicted molar refractivity (Wildman–Crippen MR) is 142 cm³/mol. The van der Waals surface area contributed by atoms with Crippen LogP contribution in [0.4, 0.5) is 13.2 Å². The van der Waals surface area contributed by atoms with Crippen molar-refractivity contribution < 1.29 is 18.0 Å². The van der Waals surface area contributed by atoms with E-state index in [1.54, 1.807) is 6.20 Å². The highest BCUT2D eigenvalue weighted by atomic mass is 35.5. The highest BCUT2D eigenvalue weighted by Gasteiger charge is 2.36. The van der Waals surface area contributed by atoms with Crippen molar-refractivity contribution in [2.45, 2.75) is 58.4 Å². The van der Waals surface area contributed by atoms with Gasteiger partial charge in [-0.1, -0.05) is 31.5 Å². The number of imidazole rings is 1. The molecule has 2 N–H and O–H groups in total. The summed E-state index contributed by atoms with van der Waals surface area (Å²) in [5.74, 6) is -0.212. The summed E-state index contributed by atoms with van der Waals surface area (Å²) in [5, 5.41) is 7.11. The second-order valence-corrected chi connectivity index (χ2v) is 10.2. The second-order valence-electron chi connectivity index (χ2n) is 9.83. The van der Waals surface area contributed by atoms with Gasteiger partial charge in [-0.05, 0) is 30.5 Å². The number of rotatable bonds is 8. The summed E-state index contributed by atoms with van der Waals surface area (Å²) in [6, 6.07) is 2.47. The molecule has 2 unspecified atom stereocenters. The quantitative estimate of drug-likeness (QED) is 0.328. The number of alkyl halides is 3. The molecule has 0 radical (unpaired) electrons. The van der Waals surface area contributed by atoms with Gasteiger partial charge in [0, 0.05) is 43.2 Å². The lowest BCUT2D eigenvalue weighted by Crippen LogP contribution is -2.40. The molecule has 5 rings (SSSR count). The zero-order chi connectivity index (χ0) is 28.8. The van der Waals surface area contributed by atoms with Crippen LogP contribution in [0, 0.1) is 5.92 Å². The Balaban J connectivity index is 1.60. The molecule has 0 bridgehead atoms. The molecule has 1 amide bonds. The third kappa shape index (κ3) is 4.93. The summed E-state index contributed by atoms with van der Waals surface area (Å²) in [6.07, 6.45) is -0.0268. The number of aromatic amines is 1. The Morgan fingerprint density at radius 2 is 1.85 bits per heavy atom. The Morgan fingerprint density at radius 3 is 2.48 bits per heavy atom. The number of carbonyl (C=O) groups is 1. The first-order chi connectivity index (χ1) is 19.0. The van der Waals surface area contributed by atoms with Gasteiger partial charge in [0.1, 0.15) is 11.3 Å². The second kappa shape index (κ2) is 10.6. The molecule has 212 valence electrons. The van der Waals surface area contributed by atoms with E-state index in [0.29, 0.717) is 42.9 Å². The smallest absolute Gasteiger partial charge is 0.356 e. The van der Waals surface area contributed by atoms with Crippen molar-refractivity contribution in [1.82, 2.24) is 34.2 Å². The molecule has 1 aromatic carbocycles. The predicted octanol–water partition coefficient (Wildman–Crippen LogP) is 3.97. The number of benzene rings is 1. The Hall–Kier alpha value is -3.87. The fourth-order valence-corrected chi connectivity index (χ4v) is 5.46. The molecule has 1 fully saturated rings. The van der Waals surface area contributed by atoms with Crippen LogP contribution in [0.1, 0.15) is 50.3 Å². The number of aromatic nitrogens is 6. The first-order valence-corrected chi connectivity index (χ1v) is 13.3. The lowest BCUT2D eigenvalue weighted by Gasteiger charge is -2.25. The van der Waals surface area contributed by atoms with E-state index in [0.717, 1.165) is 12.1 Å². The average Bonchev–Trinajstić information content (AvgIpc) is 3.65. The molecule has 3 aromatic heterocycles. The number of halogens is 4. The number of amides is 1. The first-order valence-electron chi connectivity index (χ1n) is 12.9. The molecule has 0 aliphatic carbocycles. The van der Waals surface area contributed by atoms with Gasteiger partial charge in [-0.25, -0.2) is 9.78 Å². The van der Waals surface area contributed by atoms with Crippen LogP contribution in [-0.4, -0.2) is 41.3 Å². The van der Waals surface area contributed by atoms with Crippen LogP contribution in [0.25, 0.3) is 22.6 Å². The molecule has 1 aliphatic rings. The Labute approximate surface area is 230 Å². The number of nitrogens with one attached hydrogen (secondary N) is 2. The summed E-state index contributed by atoms with van der Waals surface area (Å²) < 4.78 is 44.0. The maximum absolute atomic E-state index is 13.3. The summed E-state index contributed by atoms with van der Waals surface area (Å²) in [4.78, 5) is 45.7. The standard InChI is InChI=1S/C26H27ClF3N7O3/c1-3-7-35-23-20(24(39)36(8-4-2)25(35)40)33-22(34-23)15-12-32-37(13-15)21(14-9-19(38)31-11-14)17-6-5-16(10-18(17)27)26(28,29)30/h5-6,10,12-14,21H,3-4,7-9,11H2,1-2H3,(H,31,38)(H,33,34). The molecular formula is C26H27ClF3N7O3. The summed E-state index contributed by atoms with van der Waals surface area (Å²) in [6.45, 7) is 4.73. The van der Waals surface area contributed by atoms with E-state index in [1.165, 1.54) is 26.1 Å². The molecule has 14 heteroatoms. The fourth-order valence-electron chi connectivity index (χ4n) is 5.17. The van der Waals surface area contributed by atoms with Gasteiger partial charge in [-0.15, -0.1) is 0 Å². The van der Waals surface area contributed by atoms with Crippen molar-refractivity contribution in [1.29, 1.82) is 0 Å².